The number of nitrogens with one attached hydrogen (secondary N) is 1. The van der Waals surface area contributed by atoms with Gasteiger partial charge in [0.1, 0.15) is 0 Å². The zero-order valence-electron chi connectivity index (χ0n) is 10.1. The number of imidazole rings is 1. The average molecular weight is 362 g/mol. The summed E-state index contributed by atoms with van der Waals surface area (Å²) in [6, 6.07) is 6.28. The Hall–Kier alpha value is -0.400. The van der Waals surface area contributed by atoms with Crippen molar-refractivity contribution < 1.29 is 4.74 Å². The number of hydrogen-bond acceptors (Lipinski definition) is 2. The summed E-state index contributed by atoms with van der Waals surface area (Å²) in [4.78, 5) is 3.23. The maximum atomic E-state index is 5.46. The summed E-state index contributed by atoms with van der Waals surface area (Å²) >= 11 is 7.66. The minimum Gasteiger partial charge on any atom is -0.377 e. The van der Waals surface area contributed by atoms with Gasteiger partial charge in [0.15, 0.2) is 4.77 Å². The molecular formula is C12H15IN2OS. The molecule has 5 heteroatoms. The fourth-order valence-electron chi connectivity index (χ4n) is 1.74. The zero-order chi connectivity index (χ0) is 12.6. The van der Waals surface area contributed by atoms with Crippen LogP contribution in [0, 0.1) is 8.34 Å². The molecule has 0 aliphatic carbocycles. The quantitative estimate of drug-likeness (QED) is 0.666. The van der Waals surface area contributed by atoms with Crippen LogP contribution in [0.3, 0.4) is 0 Å². The van der Waals surface area contributed by atoms with Crippen molar-refractivity contribution in [2.24, 2.45) is 0 Å². The van der Waals surface area contributed by atoms with E-state index in [4.69, 9.17) is 17.0 Å². The Morgan fingerprint density at radius 2 is 2.18 bits per heavy atom. The van der Waals surface area contributed by atoms with Crippen molar-refractivity contribution in [3.05, 3.63) is 26.5 Å². The molecule has 1 aromatic heterocycles. The summed E-state index contributed by atoms with van der Waals surface area (Å²) in [5.74, 6) is 0. The molecule has 0 spiro atoms. The fourth-order valence-corrected chi connectivity index (χ4v) is 2.50. The van der Waals surface area contributed by atoms with Crippen molar-refractivity contribution in [3.8, 4) is 0 Å². The molecule has 17 heavy (non-hydrogen) atoms. The Labute approximate surface area is 119 Å². The zero-order valence-corrected chi connectivity index (χ0v) is 13.1. The van der Waals surface area contributed by atoms with Crippen LogP contribution < -0.4 is 0 Å². The SMILES string of the molecule is COC(C)(C)Cn1c(=S)[nH]c2cc(I)ccc21. The van der Waals surface area contributed by atoms with Crippen molar-refractivity contribution in [3.63, 3.8) is 0 Å². The maximum absolute atomic E-state index is 5.46. The second-order valence-electron chi connectivity index (χ2n) is 4.64. The molecule has 0 aliphatic rings. The van der Waals surface area contributed by atoms with E-state index in [9.17, 15) is 0 Å². The third-order valence-corrected chi connectivity index (χ3v) is 3.82. The predicted molar refractivity (Wildman–Crippen MR) is 80.9 cm³/mol. The predicted octanol–water partition coefficient (Wildman–Crippen LogP) is 3.73. The van der Waals surface area contributed by atoms with Gasteiger partial charge in [0.05, 0.1) is 23.2 Å². The highest BCUT2D eigenvalue weighted by molar-refractivity contribution is 14.1. The van der Waals surface area contributed by atoms with Gasteiger partial charge in [-0.1, -0.05) is 0 Å². The van der Waals surface area contributed by atoms with Gasteiger partial charge >= 0.3 is 0 Å². The largest absolute Gasteiger partial charge is 0.377 e. The van der Waals surface area contributed by atoms with Gasteiger partial charge < -0.3 is 14.3 Å². The van der Waals surface area contributed by atoms with Crippen LogP contribution in [0.25, 0.3) is 11.0 Å². The molecule has 0 radical (unpaired) electrons. The molecule has 1 heterocycles. The van der Waals surface area contributed by atoms with Crippen LogP contribution in [0.15, 0.2) is 18.2 Å². The molecule has 2 aromatic rings. The van der Waals surface area contributed by atoms with E-state index >= 15 is 0 Å². The smallest absolute Gasteiger partial charge is 0.178 e. The Bertz CT molecular complexity index is 600. The molecular weight excluding hydrogens is 347 g/mol. The molecule has 1 aromatic carbocycles. The number of fused-ring (bicyclic) bond motifs is 1. The van der Waals surface area contributed by atoms with Crippen molar-refractivity contribution in [2.45, 2.75) is 26.0 Å². The lowest BCUT2D eigenvalue weighted by atomic mass is 10.1. The van der Waals surface area contributed by atoms with Gasteiger partial charge in [-0.25, -0.2) is 0 Å². The summed E-state index contributed by atoms with van der Waals surface area (Å²) in [7, 11) is 1.72. The Kier molecular flexibility index (Phi) is 3.61. The topological polar surface area (TPSA) is 29.9 Å². The first-order valence-electron chi connectivity index (χ1n) is 5.36. The second kappa shape index (κ2) is 4.70. The Morgan fingerprint density at radius 3 is 2.82 bits per heavy atom. The first kappa shape index (κ1) is 13.0. The lowest BCUT2D eigenvalue weighted by molar-refractivity contribution is 0.00873. The van der Waals surface area contributed by atoms with Crippen LogP contribution >= 0.6 is 34.8 Å². The number of methoxy groups -OCH3 is 1. The number of benzene rings is 1. The van der Waals surface area contributed by atoms with Crippen LogP contribution in [-0.2, 0) is 11.3 Å². The van der Waals surface area contributed by atoms with Crippen molar-refractivity contribution in [2.75, 3.05) is 7.11 Å². The molecule has 2 rings (SSSR count). The molecule has 0 aliphatic heterocycles. The molecule has 3 nitrogen and oxygen atoms in total. The highest BCUT2D eigenvalue weighted by Crippen LogP contribution is 2.20. The van der Waals surface area contributed by atoms with Gasteiger partial charge in [-0.15, -0.1) is 0 Å². The number of H-pyrrole nitrogens is 1. The van der Waals surface area contributed by atoms with E-state index < -0.39 is 0 Å². The second-order valence-corrected chi connectivity index (χ2v) is 6.27. The minimum absolute atomic E-state index is 0.226. The van der Waals surface area contributed by atoms with Crippen LogP contribution in [0.1, 0.15) is 13.8 Å². The van der Waals surface area contributed by atoms with Gasteiger partial charge in [0.2, 0.25) is 0 Å². The standard InChI is InChI=1S/C12H15IN2OS/c1-12(2,16-3)7-15-10-5-4-8(13)6-9(10)14-11(15)17/h4-6H,7H2,1-3H3,(H,14,17). The molecule has 0 saturated carbocycles. The maximum Gasteiger partial charge on any atom is 0.178 e. The number of nitrogens with zero attached hydrogens (tertiary/aromatic N) is 1. The molecule has 0 fully saturated rings. The summed E-state index contributed by atoms with van der Waals surface area (Å²) in [6.45, 7) is 4.85. The van der Waals surface area contributed by atoms with E-state index in [0.29, 0.717) is 0 Å². The molecule has 0 saturated heterocycles. The van der Waals surface area contributed by atoms with E-state index in [1.54, 1.807) is 7.11 Å². The van der Waals surface area contributed by atoms with Crippen LogP contribution in [-0.4, -0.2) is 22.3 Å². The molecule has 0 bridgehead atoms. The Balaban J connectivity index is 2.54. The highest BCUT2D eigenvalue weighted by atomic mass is 127. The number of ether oxygens (including phenoxy) is 1. The lowest BCUT2D eigenvalue weighted by Crippen LogP contribution is -2.29. The number of aromatic nitrogens is 2. The van der Waals surface area contributed by atoms with Crippen LogP contribution in [0.5, 0.6) is 0 Å². The molecule has 0 atom stereocenters. The van der Waals surface area contributed by atoms with Crippen molar-refractivity contribution in [1.29, 1.82) is 0 Å². The number of hydrogen-bond donors (Lipinski definition) is 1. The first-order valence-corrected chi connectivity index (χ1v) is 6.85. The van der Waals surface area contributed by atoms with Gasteiger partial charge in [-0.2, -0.15) is 0 Å². The van der Waals surface area contributed by atoms with E-state index in [-0.39, 0.29) is 5.60 Å². The fraction of sp³-hybridized carbons (Fsp3) is 0.417. The van der Waals surface area contributed by atoms with Gasteiger partial charge in [-0.05, 0) is 66.9 Å². The van der Waals surface area contributed by atoms with E-state index in [1.165, 1.54) is 3.57 Å². The van der Waals surface area contributed by atoms with Gasteiger partial charge in [0, 0.05) is 10.7 Å². The summed E-state index contributed by atoms with van der Waals surface area (Å²) < 4.78 is 9.48. The normalized spacial score (nSPS) is 12.2. The first-order chi connectivity index (χ1) is 7.93. The lowest BCUT2D eigenvalue weighted by Gasteiger charge is -2.23. The number of halogens is 1. The summed E-state index contributed by atoms with van der Waals surface area (Å²) in [6.07, 6.45) is 0. The minimum atomic E-state index is -0.226. The molecule has 92 valence electrons. The summed E-state index contributed by atoms with van der Waals surface area (Å²) in [5, 5.41) is 0. The van der Waals surface area contributed by atoms with E-state index in [0.717, 1.165) is 22.3 Å². The van der Waals surface area contributed by atoms with Crippen molar-refractivity contribution in [1.82, 2.24) is 9.55 Å². The summed E-state index contributed by atoms with van der Waals surface area (Å²) in [5.41, 5.74) is 1.98. The Morgan fingerprint density at radius 1 is 1.47 bits per heavy atom. The molecule has 1 N–H and O–H groups in total. The molecule has 0 unspecified atom stereocenters. The molecule has 0 amide bonds. The monoisotopic (exact) mass is 362 g/mol. The number of rotatable bonds is 3. The van der Waals surface area contributed by atoms with Gasteiger partial charge in [0.25, 0.3) is 0 Å². The highest BCUT2D eigenvalue weighted by Gasteiger charge is 2.19. The van der Waals surface area contributed by atoms with Crippen LogP contribution in [0.4, 0.5) is 0 Å². The average Bonchev–Trinajstić information content (AvgIpc) is 2.54. The van der Waals surface area contributed by atoms with Gasteiger partial charge in [-0.3, -0.25) is 0 Å². The van der Waals surface area contributed by atoms with Crippen LogP contribution in [0.2, 0.25) is 0 Å². The third kappa shape index (κ3) is 2.71. The van der Waals surface area contributed by atoms with E-state index in [2.05, 4.69) is 64.2 Å². The van der Waals surface area contributed by atoms with E-state index in [1.807, 2.05) is 0 Å². The van der Waals surface area contributed by atoms with Crippen molar-refractivity contribution >= 4 is 45.8 Å². The third-order valence-electron chi connectivity index (χ3n) is 2.83. The number of aromatic amines is 1.